The van der Waals surface area contributed by atoms with E-state index in [1.165, 1.54) is 271 Å². The van der Waals surface area contributed by atoms with Crippen LogP contribution in [-0.2, 0) is 54.1 Å². The Morgan fingerprint density at radius 3 is 0.788 bits per heavy atom. The van der Waals surface area contributed by atoms with Gasteiger partial charge in [0.15, 0.2) is 0 Å². The molecule has 0 heteroatoms. The summed E-state index contributed by atoms with van der Waals surface area (Å²) in [6, 6.07) is 128. The molecule has 0 aliphatic carbocycles. The molecule has 0 unspecified atom stereocenters. The lowest BCUT2D eigenvalue weighted by atomic mass is 9.70. The summed E-state index contributed by atoms with van der Waals surface area (Å²) in [5.74, 6) is 0. The third-order valence-corrected chi connectivity index (χ3v) is 31.7. The molecule has 0 nitrogen and oxygen atoms in total. The highest BCUT2D eigenvalue weighted by atomic mass is 14.4. The van der Waals surface area contributed by atoms with Gasteiger partial charge in [0.1, 0.15) is 0 Å². The molecule has 25 aromatic carbocycles. The number of hydrogen-bond acceptors (Lipinski definition) is 0. The lowest BCUT2D eigenvalue weighted by Gasteiger charge is -2.34. The van der Waals surface area contributed by atoms with E-state index in [9.17, 15) is 0 Å². The lowest BCUT2D eigenvalue weighted by molar-refractivity contribution is 0.531. The first-order valence-electron chi connectivity index (χ1n) is 53.5. The van der Waals surface area contributed by atoms with Crippen LogP contribution in [0.2, 0.25) is 0 Å². The molecule has 0 aromatic heterocycles. The van der Waals surface area contributed by atoms with Gasteiger partial charge in [-0.3, -0.25) is 0 Å². The number of hydrogen-bond donors (Lipinski definition) is 0. The van der Waals surface area contributed by atoms with E-state index in [1.807, 2.05) is 0 Å². The average Bonchev–Trinajstić information content (AvgIpc) is 0.754. The largest absolute Gasteiger partial charge is 0.0616 e. The van der Waals surface area contributed by atoms with Crippen molar-refractivity contribution in [3.8, 4) is 0 Å². The van der Waals surface area contributed by atoms with Gasteiger partial charge in [-0.05, 0) is 380 Å². The highest BCUT2D eigenvalue weighted by Crippen LogP contribution is 2.54. The van der Waals surface area contributed by atoms with Gasteiger partial charge in [0.25, 0.3) is 0 Å². The van der Waals surface area contributed by atoms with Crippen LogP contribution in [0.4, 0.5) is 0 Å². The van der Waals surface area contributed by atoms with E-state index in [2.05, 4.69) is 547 Å². The minimum atomic E-state index is 0.0632. The second-order valence-corrected chi connectivity index (χ2v) is 52.8. The van der Waals surface area contributed by atoms with Crippen molar-refractivity contribution in [1.82, 2.24) is 0 Å². The van der Waals surface area contributed by atoms with Gasteiger partial charge < -0.3 is 0 Å². The van der Waals surface area contributed by atoms with E-state index in [1.54, 1.807) is 0 Å². The average molecular weight is 1900 g/mol. The van der Waals surface area contributed by atoms with Crippen molar-refractivity contribution in [1.29, 1.82) is 0 Å². The molecule has 0 heterocycles. The normalized spacial score (nSPS) is 13.1. The Balaban J connectivity index is 0.000000107. The van der Waals surface area contributed by atoms with E-state index in [0.717, 1.165) is 0 Å². The Labute approximate surface area is 866 Å². The van der Waals surface area contributed by atoms with E-state index in [0.29, 0.717) is 0 Å². The molecule has 0 aliphatic heterocycles. The monoisotopic (exact) mass is 1900 g/mol. The molecule has 0 bridgehead atoms. The van der Waals surface area contributed by atoms with E-state index >= 15 is 0 Å². The highest BCUT2D eigenvalue weighted by molar-refractivity contribution is 6.33. The molecule has 0 fully saturated rings. The molecule has 0 saturated heterocycles. The maximum Gasteiger partial charge on any atom is -0.00172 e. The fraction of sp³-hybridized carbons (Fsp3) is 0.274. The smallest absolute Gasteiger partial charge is 0.00172 e. The molecular formula is C146H146. The Bertz CT molecular complexity index is 9450. The first kappa shape index (κ1) is 98.3. The Morgan fingerprint density at radius 2 is 0.329 bits per heavy atom. The minimum Gasteiger partial charge on any atom is -0.0616 e. The minimum absolute atomic E-state index is 0.0632. The topological polar surface area (TPSA) is 0 Å². The van der Waals surface area contributed by atoms with Crippen LogP contribution < -0.4 is 0 Å². The second-order valence-electron chi connectivity index (χ2n) is 52.8. The molecule has 0 N–H and O–H groups in total. The summed E-state index contributed by atoms with van der Waals surface area (Å²) in [5.41, 5.74) is 15.7. The summed E-state index contributed by atoms with van der Waals surface area (Å²) in [5, 5.41) is 54.2. The molecular weight excluding hydrogens is 1750 g/mol. The van der Waals surface area contributed by atoms with Gasteiger partial charge in [-0.15, -0.1) is 0 Å². The number of rotatable bonds is 0. The zero-order valence-electron chi connectivity index (χ0n) is 92.3. The highest BCUT2D eigenvalue weighted by Gasteiger charge is 2.36. The zero-order chi connectivity index (χ0) is 103. The maximum absolute atomic E-state index is 2.46. The summed E-state index contributed by atoms with van der Waals surface area (Å²) in [6.07, 6.45) is 0. The van der Waals surface area contributed by atoms with Crippen molar-refractivity contribution >= 4 is 215 Å². The molecule has 0 radical (unpaired) electrons. The van der Waals surface area contributed by atoms with Crippen molar-refractivity contribution in [3.63, 3.8) is 0 Å². The van der Waals surface area contributed by atoms with Crippen LogP contribution in [0.25, 0.3) is 215 Å². The van der Waals surface area contributed by atoms with Crippen LogP contribution in [0.3, 0.4) is 0 Å². The summed E-state index contributed by atoms with van der Waals surface area (Å²) in [7, 11) is 0. The van der Waals surface area contributed by atoms with Crippen molar-refractivity contribution in [2.75, 3.05) is 0 Å². The molecule has 25 rings (SSSR count). The van der Waals surface area contributed by atoms with Gasteiger partial charge in [0.05, 0.1) is 0 Å². The van der Waals surface area contributed by atoms with Gasteiger partial charge >= 0.3 is 0 Å². The van der Waals surface area contributed by atoms with Crippen LogP contribution in [-0.4, -0.2) is 0 Å². The molecule has 0 atom stereocenters. The molecule has 25 aromatic rings. The van der Waals surface area contributed by atoms with Crippen molar-refractivity contribution < 1.29 is 0 Å². The Hall–Kier alpha value is -13.8. The first-order valence-corrected chi connectivity index (χ1v) is 53.5. The van der Waals surface area contributed by atoms with E-state index in [-0.39, 0.29) is 54.1 Å². The summed E-state index contributed by atoms with van der Waals surface area (Å²) >= 11 is 0. The standard InChI is InChI=1S/3C30H30.2C28H28/c1-29(2,3)26-16-15-20-12-14-22-17-24-21(13-11-19-9-7-8-10-23(19)24)18-25(22)27(20)28(26)30(4,5)6;1-29(2,3)27-17-22-14-13-21-15-24-20(12-11-19-9-7-8-10-23(19)24)16-25(21)26(22)18-28(27)30(4,5)6;1-29(2,3)27-16-15-23-24(28(27)30(4,5)6)14-13-21-17-25-20(18-26(21)23)12-11-19-9-7-8-10-22(19)25;1-27(2,3)25-21-13-9-11-17-14-15-20-19-12-8-7-10-18(19)16-22(24(20)23(17)21)26(25)28(4,5)6;1-27(2,3)23-16-19-11-13-21-20-10-8-7-9-17(20)15-18-12-14-22(25(19)24(18)21)26(23)28(4,5)6/h3*7-18H,1-6H3;2*7-16H,1-6H3. The quantitative estimate of drug-likeness (QED) is 0.105. The van der Waals surface area contributed by atoms with Gasteiger partial charge in [-0.1, -0.05) is 493 Å². The van der Waals surface area contributed by atoms with Crippen LogP contribution in [0.15, 0.2) is 340 Å². The van der Waals surface area contributed by atoms with E-state index in [4.69, 9.17) is 0 Å². The van der Waals surface area contributed by atoms with Crippen LogP contribution in [0, 0.1) is 0 Å². The summed E-state index contributed by atoms with van der Waals surface area (Å²) in [4.78, 5) is 0. The second kappa shape index (κ2) is 35.0. The SMILES string of the molecule is CC(C)(C)c1c(C(C)(C)C)c2cc3ccccc3c3ccc4cccc1c4c23.CC(C)(C)c1cc2ccc3c4ccccc4cc4ccc(c1C(C)(C)C)c2c43.CC(C)(C)c1cc2ccc3cc4c(ccc5ccccc54)cc3c2cc1C(C)(C)C.CC(C)(C)c1ccc2c(ccc3cc4c(ccc5ccccc54)cc32)c1C(C)(C)C.CC(C)(C)c1ccc2ccc3cc4c(ccc5ccccc54)cc3c2c1C(C)(C)C. The molecule has 146 heavy (non-hydrogen) atoms. The lowest BCUT2D eigenvalue weighted by Crippen LogP contribution is -2.23. The molecule has 0 aliphatic rings. The fourth-order valence-electron chi connectivity index (χ4n) is 25.2. The van der Waals surface area contributed by atoms with Gasteiger partial charge in [0.2, 0.25) is 0 Å². The summed E-state index contributed by atoms with van der Waals surface area (Å²) in [6.45, 7) is 70.2. The van der Waals surface area contributed by atoms with Crippen LogP contribution in [0.1, 0.15) is 263 Å². The van der Waals surface area contributed by atoms with Crippen molar-refractivity contribution in [2.45, 2.75) is 262 Å². The van der Waals surface area contributed by atoms with Crippen LogP contribution in [0.5, 0.6) is 0 Å². The van der Waals surface area contributed by atoms with Gasteiger partial charge in [0, 0.05) is 0 Å². The van der Waals surface area contributed by atoms with E-state index < -0.39 is 0 Å². The van der Waals surface area contributed by atoms with Gasteiger partial charge in [-0.25, -0.2) is 0 Å². The molecule has 0 amide bonds. The zero-order valence-corrected chi connectivity index (χ0v) is 92.3. The van der Waals surface area contributed by atoms with Gasteiger partial charge in [-0.2, -0.15) is 0 Å². The van der Waals surface area contributed by atoms with Crippen LogP contribution >= 0.6 is 0 Å². The Morgan fingerprint density at radius 1 is 0.0959 bits per heavy atom. The molecule has 0 spiro atoms. The maximum atomic E-state index is 2.46. The molecule has 730 valence electrons. The fourth-order valence-corrected chi connectivity index (χ4v) is 25.2. The third-order valence-electron chi connectivity index (χ3n) is 31.7. The third kappa shape index (κ3) is 17.3. The first-order chi connectivity index (χ1) is 68.7. The van der Waals surface area contributed by atoms with Crippen molar-refractivity contribution in [3.05, 3.63) is 395 Å². The molecule has 0 saturated carbocycles. The Kier molecular flexibility index (Phi) is 23.5. The number of benzene rings is 25. The number of fused-ring (bicyclic) bond motifs is 22. The predicted octanol–water partition coefficient (Wildman–Crippen LogP) is 43.3. The summed E-state index contributed by atoms with van der Waals surface area (Å²) < 4.78 is 0. The predicted molar refractivity (Wildman–Crippen MR) is 652 cm³/mol. The van der Waals surface area contributed by atoms with Crippen molar-refractivity contribution in [2.24, 2.45) is 0 Å².